The summed E-state index contributed by atoms with van der Waals surface area (Å²) in [4.78, 5) is 0. The van der Waals surface area contributed by atoms with E-state index in [1.807, 2.05) is 48.5 Å². The van der Waals surface area contributed by atoms with Crippen molar-refractivity contribution in [2.75, 3.05) is 27.1 Å². The number of aliphatic hydroxyl groups is 1. The smallest absolute Gasteiger partial charge is 0.191 e. The largest absolute Gasteiger partial charge is 0.417 e. The molecule has 3 fully saturated rings. The lowest BCUT2D eigenvalue weighted by molar-refractivity contribution is -0.295. The van der Waals surface area contributed by atoms with Gasteiger partial charge in [0.25, 0.3) is 0 Å². The number of ether oxygens (including phenoxy) is 5. The third kappa shape index (κ3) is 6.67. The van der Waals surface area contributed by atoms with Crippen LogP contribution < -0.4 is 0 Å². The van der Waals surface area contributed by atoms with E-state index in [1.54, 1.807) is 13.2 Å². The highest BCUT2D eigenvalue weighted by atomic mass is 28.4. The molecule has 8 heteroatoms. The lowest BCUT2D eigenvalue weighted by Crippen LogP contribution is -2.56. The molecule has 0 amide bonds. The summed E-state index contributed by atoms with van der Waals surface area (Å²) >= 11 is 0. The second kappa shape index (κ2) is 14.2. The van der Waals surface area contributed by atoms with Crippen molar-refractivity contribution in [1.29, 1.82) is 0 Å². The zero-order chi connectivity index (χ0) is 34.8. The SMILES string of the molecule is C=C[C@@]1(O)[C@H](OCOC)[C@H]2CC[C@@]1(/C=C/[C@]1(OCc3ccccc3)CO[C@@H](c3ccccc3)O[C@H]1CCO[Si](C)(C)C(C)(C)C)C2(C)C. The van der Waals surface area contributed by atoms with Crippen LogP contribution in [0.25, 0.3) is 0 Å². The van der Waals surface area contributed by atoms with Crippen LogP contribution in [0.15, 0.2) is 85.5 Å². The number of hydrogen-bond acceptors (Lipinski definition) is 7. The average molecular weight is 679 g/mol. The monoisotopic (exact) mass is 678 g/mol. The van der Waals surface area contributed by atoms with Crippen molar-refractivity contribution in [2.45, 2.75) is 108 Å². The Morgan fingerprint density at radius 1 is 1.02 bits per heavy atom. The molecule has 1 heterocycles. The Balaban J connectivity index is 1.55. The molecule has 2 bridgehead atoms. The molecule has 7 atom stereocenters. The van der Waals surface area contributed by atoms with Crippen molar-refractivity contribution < 1.29 is 33.2 Å². The van der Waals surface area contributed by atoms with Gasteiger partial charge in [0.1, 0.15) is 18.0 Å². The standard InChI is InChI=1S/C40H58O7Si/c1-10-40(41)34(44-29-42-7)32-21-23-39(40,37(32,5)6)25-24-38(45-27-30-17-13-11-14-18-30)28-43-35(31-19-15-12-16-20-31)47-33(38)22-26-46-48(8,9)36(2,3)4/h10-20,24-25,32-35,41H,1,21-23,26-29H2,2-9H3/b25-24+/t32-,33+,34-,35-,38+,39-,40-/m1/s1. The van der Waals surface area contributed by atoms with E-state index in [2.05, 4.69) is 78.6 Å². The van der Waals surface area contributed by atoms with Crippen LogP contribution in [0.4, 0.5) is 0 Å². The summed E-state index contributed by atoms with van der Waals surface area (Å²) in [6.45, 7) is 21.2. The quantitative estimate of drug-likeness (QED) is 0.122. The fourth-order valence-electron chi connectivity index (χ4n) is 8.07. The minimum absolute atomic E-state index is 0.0830. The van der Waals surface area contributed by atoms with Gasteiger partial charge in [-0.1, -0.05) is 114 Å². The summed E-state index contributed by atoms with van der Waals surface area (Å²) in [6, 6.07) is 20.2. The van der Waals surface area contributed by atoms with Crippen molar-refractivity contribution in [3.63, 3.8) is 0 Å². The first-order valence-electron chi connectivity index (χ1n) is 17.5. The van der Waals surface area contributed by atoms with E-state index in [4.69, 9.17) is 28.1 Å². The highest BCUT2D eigenvalue weighted by Crippen LogP contribution is 2.71. The summed E-state index contributed by atoms with van der Waals surface area (Å²) in [6.07, 6.45) is 6.95. The van der Waals surface area contributed by atoms with Crippen LogP contribution >= 0.6 is 0 Å². The Morgan fingerprint density at radius 2 is 1.69 bits per heavy atom. The molecule has 1 N–H and O–H groups in total. The highest BCUT2D eigenvalue weighted by molar-refractivity contribution is 6.74. The van der Waals surface area contributed by atoms with E-state index in [1.165, 1.54) is 0 Å². The van der Waals surface area contributed by atoms with E-state index in [9.17, 15) is 5.11 Å². The minimum Gasteiger partial charge on any atom is -0.417 e. The van der Waals surface area contributed by atoms with Crippen LogP contribution in [0.5, 0.6) is 0 Å². The topological polar surface area (TPSA) is 75.6 Å². The van der Waals surface area contributed by atoms with Gasteiger partial charge in [0.15, 0.2) is 14.6 Å². The van der Waals surface area contributed by atoms with Gasteiger partial charge < -0.3 is 33.2 Å². The predicted octanol–water partition coefficient (Wildman–Crippen LogP) is 8.37. The summed E-state index contributed by atoms with van der Waals surface area (Å²) in [5.74, 6) is 0.122. The van der Waals surface area contributed by atoms with E-state index >= 15 is 0 Å². The zero-order valence-electron chi connectivity index (χ0n) is 30.4. The molecule has 2 saturated carbocycles. The molecule has 264 valence electrons. The molecule has 7 nitrogen and oxygen atoms in total. The van der Waals surface area contributed by atoms with Gasteiger partial charge in [-0.25, -0.2) is 0 Å². The Labute approximate surface area is 289 Å². The molecule has 0 unspecified atom stereocenters. The van der Waals surface area contributed by atoms with Crippen LogP contribution in [0, 0.1) is 16.7 Å². The number of benzene rings is 2. The maximum Gasteiger partial charge on any atom is 0.191 e. The first-order valence-corrected chi connectivity index (χ1v) is 20.4. The zero-order valence-corrected chi connectivity index (χ0v) is 31.4. The van der Waals surface area contributed by atoms with E-state index in [-0.39, 0.29) is 29.8 Å². The number of rotatable bonds is 14. The van der Waals surface area contributed by atoms with Gasteiger partial charge in [0.2, 0.25) is 0 Å². The average Bonchev–Trinajstić information content (AvgIpc) is 3.40. The molecule has 1 aliphatic heterocycles. The Morgan fingerprint density at radius 3 is 2.31 bits per heavy atom. The minimum atomic E-state index is -2.02. The van der Waals surface area contributed by atoms with Gasteiger partial charge in [-0.2, -0.15) is 0 Å². The predicted molar refractivity (Wildman–Crippen MR) is 192 cm³/mol. The molecule has 0 spiro atoms. The van der Waals surface area contributed by atoms with Crippen molar-refractivity contribution in [3.8, 4) is 0 Å². The normalized spacial score (nSPS) is 33.4. The summed E-state index contributed by atoms with van der Waals surface area (Å²) < 4.78 is 38.6. The maximum absolute atomic E-state index is 12.5. The number of hydrogen-bond donors (Lipinski definition) is 1. The van der Waals surface area contributed by atoms with Gasteiger partial charge in [0.05, 0.1) is 25.4 Å². The van der Waals surface area contributed by atoms with Crippen LogP contribution in [0.2, 0.25) is 18.1 Å². The fraction of sp³-hybridized carbons (Fsp3) is 0.600. The van der Waals surface area contributed by atoms with Gasteiger partial charge >= 0.3 is 0 Å². The molecule has 1 saturated heterocycles. The van der Waals surface area contributed by atoms with Crippen molar-refractivity contribution in [3.05, 3.63) is 96.6 Å². The molecule has 0 radical (unpaired) electrons. The molecule has 2 aromatic rings. The van der Waals surface area contributed by atoms with E-state index in [0.29, 0.717) is 19.6 Å². The summed E-state index contributed by atoms with van der Waals surface area (Å²) in [5, 5.41) is 12.6. The lowest BCUT2D eigenvalue weighted by atomic mass is 9.62. The van der Waals surface area contributed by atoms with E-state index in [0.717, 1.165) is 24.0 Å². The number of fused-ring (bicyclic) bond motifs is 2. The lowest BCUT2D eigenvalue weighted by Gasteiger charge is -2.48. The molecule has 2 aliphatic carbocycles. The fourth-order valence-corrected chi connectivity index (χ4v) is 9.13. The number of methoxy groups -OCH3 is 1. The van der Waals surface area contributed by atoms with Crippen LogP contribution in [-0.2, 0) is 34.7 Å². The van der Waals surface area contributed by atoms with Gasteiger partial charge in [-0.15, -0.1) is 6.58 Å². The van der Waals surface area contributed by atoms with Crippen molar-refractivity contribution >= 4 is 8.32 Å². The molecular weight excluding hydrogens is 621 g/mol. The first kappa shape index (κ1) is 37.1. The summed E-state index contributed by atoms with van der Waals surface area (Å²) in [5.41, 5.74) is -1.21. The third-order valence-corrected chi connectivity index (χ3v) is 16.7. The highest BCUT2D eigenvalue weighted by Gasteiger charge is 2.74. The van der Waals surface area contributed by atoms with Crippen molar-refractivity contribution in [1.82, 2.24) is 0 Å². The maximum atomic E-state index is 12.5. The Kier molecular flexibility index (Phi) is 11.0. The second-order valence-electron chi connectivity index (χ2n) is 16.0. The third-order valence-electron chi connectivity index (χ3n) is 12.1. The second-order valence-corrected chi connectivity index (χ2v) is 20.8. The van der Waals surface area contributed by atoms with Crippen LogP contribution in [-0.4, -0.2) is 64.0 Å². The summed E-state index contributed by atoms with van der Waals surface area (Å²) in [7, 11) is -0.409. The Hall–Kier alpha value is -2.14. The Bertz CT molecular complexity index is 1390. The van der Waals surface area contributed by atoms with Crippen LogP contribution in [0.3, 0.4) is 0 Å². The molecule has 5 rings (SSSR count). The van der Waals surface area contributed by atoms with E-state index < -0.39 is 43.4 Å². The molecular formula is C40H58O7Si. The molecule has 3 aliphatic rings. The van der Waals surface area contributed by atoms with Crippen molar-refractivity contribution in [2.24, 2.45) is 16.7 Å². The van der Waals surface area contributed by atoms with Gasteiger partial charge in [0, 0.05) is 24.7 Å². The first-order chi connectivity index (χ1) is 22.7. The van der Waals surface area contributed by atoms with Gasteiger partial charge in [-0.05, 0) is 54.3 Å². The molecule has 2 aromatic carbocycles. The molecule has 0 aromatic heterocycles. The van der Waals surface area contributed by atoms with Gasteiger partial charge in [-0.3, -0.25) is 0 Å². The van der Waals surface area contributed by atoms with Crippen LogP contribution in [0.1, 0.15) is 71.3 Å². The molecule has 48 heavy (non-hydrogen) atoms.